The monoisotopic (exact) mass is 773 g/mol. The van der Waals surface area contributed by atoms with E-state index in [4.69, 9.17) is 37.3 Å². The van der Waals surface area contributed by atoms with E-state index < -0.39 is 20.5 Å². The Hall–Kier alpha value is -1.98. The van der Waals surface area contributed by atoms with E-state index in [1.54, 1.807) is 12.4 Å². The summed E-state index contributed by atoms with van der Waals surface area (Å²) in [4.78, 5) is 33.9. The summed E-state index contributed by atoms with van der Waals surface area (Å²) in [6.07, 6.45) is 18.3. The predicted octanol–water partition coefficient (Wildman–Crippen LogP) is -3.04. The van der Waals surface area contributed by atoms with Crippen LogP contribution in [0.2, 0.25) is 0 Å². The van der Waals surface area contributed by atoms with Crippen molar-refractivity contribution in [3.8, 4) is 0 Å². The third kappa shape index (κ3) is 11.5. The summed E-state index contributed by atoms with van der Waals surface area (Å²) in [5.74, 6) is 6.69. The molecule has 8 fully saturated rings. The first-order valence-electron chi connectivity index (χ1n) is 16.2. The molecule has 0 spiro atoms. The van der Waals surface area contributed by atoms with Gasteiger partial charge in [0.05, 0.1) is 10.8 Å². The summed E-state index contributed by atoms with van der Waals surface area (Å²) in [5.41, 5.74) is -0.154. The summed E-state index contributed by atoms with van der Waals surface area (Å²) in [7, 11) is -9.89. The first-order chi connectivity index (χ1) is 22.5. The molecule has 14 nitrogen and oxygen atoms in total. The van der Waals surface area contributed by atoms with Gasteiger partial charge in [-0.3, -0.25) is 9.59 Å². The summed E-state index contributed by atoms with van der Waals surface area (Å²) in [5, 5.41) is 6.10. The van der Waals surface area contributed by atoms with Crippen molar-refractivity contribution >= 4 is 23.5 Å². The molecule has 0 aromatic carbocycles. The first kappa shape index (κ1) is 39.8. The molecule has 1 radical (unpaired) electrons. The van der Waals surface area contributed by atoms with Gasteiger partial charge in [-0.1, -0.05) is 12.1 Å². The zero-order chi connectivity index (χ0) is 34.7. The maximum Gasteiger partial charge on any atom is 2.00 e. The standard InChI is InChI=1S/2C16H20N2O.2ClHO4.Cu/c2*19-15(18-14-3-1-2-4-17-14)16-8-11-5-12(9-16)7-13(6-11)10-16;2*2-1(3,4)5;/h2*1-4,11-13H,5-10H2,(H,17,18,19);2*(H,2,3,4,5);/q;;;;+2/p-2. The van der Waals surface area contributed by atoms with Crippen LogP contribution in [0.5, 0.6) is 0 Å². The Bertz CT molecular complexity index is 1210. The fourth-order valence-electron chi connectivity index (χ4n) is 10.1. The molecule has 2 heterocycles. The van der Waals surface area contributed by atoms with Crippen molar-refractivity contribution in [2.75, 3.05) is 10.6 Å². The van der Waals surface area contributed by atoms with E-state index in [-0.39, 0.29) is 39.7 Å². The second-order valence-electron chi connectivity index (χ2n) is 14.5. The molecule has 10 rings (SSSR count). The Morgan fingerprint density at radius 2 is 0.776 bits per heavy atom. The number of halogens is 2. The number of aromatic nitrogens is 2. The molecule has 2 aromatic heterocycles. The van der Waals surface area contributed by atoms with Gasteiger partial charge in [-0.2, -0.15) is 0 Å². The van der Waals surface area contributed by atoms with E-state index in [0.717, 1.165) is 74.0 Å². The first-order valence-corrected chi connectivity index (χ1v) is 18.6. The average molecular weight is 775 g/mol. The largest absolute Gasteiger partial charge is 2.00 e. The van der Waals surface area contributed by atoms with Crippen LogP contribution in [0.4, 0.5) is 11.6 Å². The number of hydrogen-bond acceptors (Lipinski definition) is 12. The molecule has 8 aliphatic rings. The fourth-order valence-corrected chi connectivity index (χ4v) is 10.1. The van der Waals surface area contributed by atoms with Crippen LogP contribution in [0.15, 0.2) is 48.8 Å². The number of carbonyl (C=O) groups is 2. The van der Waals surface area contributed by atoms with E-state index in [2.05, 4.69) is 20.6 Å². The number of nitrogens with one attached hydrogen (secondary N) is 2. The second-order valence-corrected chi connectivity index (χ2v) is 16.0. The van der Waals surface area contributed by atoms with Gasteiger partial charge in [0.1, 0.15) is 11.6 Å². The average Bonchev–Trinajstić information content (AvgIpc) is 2.96. The molecule has 8 bridgehead atoms. The van der Waals surface area contributed by atoms with Gasteiger partial charge in [-0.15, -0.1) is 20.5 Å². The van der Waals surface area contributed by atoms with Gasteiger partial charge in [-0.25, -0.2) is 47.2 Å². The normalized spacial score (nSPS) is 32.9. The number of nitrogens with zero attached hydrogens (tertiary/aromatic N) is 2. The Labute approximate surface area is 299 Å². The Balaban J connectivity index is 0.000000171. The molecule has 0 unspecified atom stereocenters. The molecule has 2 N–H and O–H groups in total. The van der Waals surface area contributed by atoms with Crippen LogP contribution in [-0.2, 0) is 26.7 Å². The summed E-state index contributed by atoms with van der Waals surface area (Å²) in [6, 6.07) is 11.3. The number of pyridine rings is 2. The molecular weight excluding hydrogens is 735 g/mol. The van der Waals surface area contributed by atoms with Crippen molar-refractivity contribution in [1.82, 2.24) is 9.97 Å². The van der Waals surface area contributed by atoms with Crippen molar-refractivity contribution in [3.05, 3.63) is 48.8 Å². The van der Waals surface area contributed by atoms with E-state index in [0.29, 0.717) is 11.6 Å². The van der Waals surface area contributed by atoms with Crippen molar-refractivity contribution in [3.63, 3.8) is 0 Å². The van der Waals surface area contributed by atoms with Crippen molar-refractivity contribution < 1.29 is 84.4 Å². The summed E-state index contributed by atoms with van der Waals surface area (Å²) < 4.78 is 67.9. The van der Waals surface area contributed by atoms with Crippen LogP contribution in [0.25, 0.3) is 0 Å². The Morgan fingerprint density at radius 1 is 0.531 bits per heavy atom. The maximum absolute atomic E-state index is 12.7. The number of carbonyl (C=O) groups excluding carboxylic acids is 2. The minimum Gasteiger partial charge on any atom is -0.310 e. The van der Waals surface area contributed by atoms with E-state index in [1.807, 2.05) is 36.4 Å². The van der Waals surface area contributed by atoms with Crippen LogP contribution in [0.1, 0.15) is 77.0 Å². The van der Waals surface area contributed by atoms with Crippen LogP contribution < -0.4 is 47.9 Å². The minimum absolute atomic E-state index is 0. The fraction of sp³-hybridized carbons (Fsp3) is 0.625. The summed E-state index contributed by atoms with van der Waals surface area (Å²) in [6.45, 7) is 0. The number of rotatable bonds is 4. The molecule has 2 amide bonds. The molecule has 273 valence electrons. The third-order valence-corrected chi connectivity index (χ3v) is 10.9. The quantitative estimate of drug-likeness (QED) is 0.294. The molecule has 0 atom stereocenters. The molecule has 49 heavy (non-hydrogen) atoms. The molecule has 0 aliphatic heterocycles. The Morgan fingerprint density at radius 3 is 0.980 bits per heavy atom. The van der Waals surface area contributed by atoms with E-state index >= 15 is 0 Å². The topological polar surface area (TPSA) is 268 Å². The SMILES string of the molecule is O=C(Nc1ccccn1)C12CC3CC(CC(C3)C1)C2.O=C(Nc1ccccn1)C12CC3CC(CC(C3)C1)C2.[Cu+2].[O-][Cl+3]([O-])([O-])[O-].[O-][Cl+3]([O-])([O-])[O-]. The van der Waals surface area contributed by atoms with Gasteiger partial charge in [0.2, 0.25) is 11.8 Å². The second kappa shape index (κ2) is 16.1. The van der Waals surface area contributed by atoms with Crippen LogP contribution in [-0.4, -0.2) is 21.8 Å². The number of amides is 2. The summed E-state index contributed by atoms with van der Waals surface area (Å²) >= 11 is 0. The van der Waals surface area contributed by atoms with Crippen LogP contribution in [0.3, 0.4) is 0 Å². The maximum atomic E-state index is 12.7. The van der Waals surface area contributed by atoms with Crippen molar-refractivity contribution in [1.29, 1.82) is 0 Å². The molecule has 17 heteroatoms. The zero-order valence-corrected chi connectivity index (χ0v) is 29.1. The molecule has 8 saturated carbocycles. The van der Waals surface area contributed by atoms with Gasteiger partial charge < -0.3 is 10.6 Å². The predicted molar refractivity (Wildman–Crippen MR) is 147 cm³/mol. The molecule has 0 saturated heterocycles. The minimum atomic E-state index is -4.94. The van der Waals surface area contributed by atoms with Gasteiger partial charge in [0.15, 0.2) is 0 Å². The van der Waals surface area contributed by atoms with E-state index in [9.17, 15) is 9.59 Å². The smallest absolute Gasteiger partial charge is 0.310 e. The Kier molecular flexibility index (Phi) is 13.1. The molecule has 8 aliphatic carbocycles. The van der Waals surface area contributed by atoms with Gasteiger partial charge in [0.25, 0.3) is 0 Å². The molecular formula is C32H40Cl2CuN4O10. The zero-order valence-electron chi connectivity index (χ0n) is 26.6. The van der Waals surface area contributed by atoms with Crippen LogP contribution in [0, 0.1) is 66.8 Å². The number of anilines is 2. The molecule has 2 aromatic rings. The third-order valence-electron chi connectivity index (χ3n) is 10.9. The number of hydrogen-bond donors (Lipinski definition) is 2. The van der Waals surface area contributed by atoms with Crippen LogP contribution >= 0.6 is 0 Å². The van der Waals surface area contributed by atoms with Gasteiger partial charge in [-0.05, 0) is 137 Å². The van der Waals surface area contributed by atoms with Crippen molar-refractivity contribution in [2.45, 2.75) is 77.0 Å². The van der Waals surface area contributed by atoms with Gasteiger partial charge in [0, 0.05) is 12.4 Å². The van der Waals surface area contributed by atoms with Gasteiger partial charge >= 0.3 is 17.1 Å². The van der Waals surface area contributed by atoms with E-state index in [1.165, 1.54) is 38.5 Å². The van der Waals surface area contributed by atoms with Crippen molar-refractivity contribution in [2.24, 2.45) is 46.3 Å².